The van der Waals surface area contributed by atoms with Crippen molar-refractivity contribution in [3.8, 4) is 5.75 Å². The van der Waals surface area contributed by atoms with Crippen molar-refractivity contribution in [1.29, 1.82) is 0 Å². The fourth-order valence-corrected chi connectivity index (χ4v) is 2.88. The molecular formula is C21H15Cl2NO3. The molecule has 0 bridgehead atoms. The van der Waals surface area contributed by atoms with E-state index in [1.165, 1.54) is 0 Å². The van der Waals surface area contributed by atoms with Gasteiger partial charge in [0.2, 0.25) is 0 Å². The maximum Gasteiger partial charge on any atom is 0.255 e. The van der Waals surface area contributed by atoms with Crippen molar-refractivity contribution in [3.05, 3.63) is 94.0 Å². The number of carbonyl (C=O) groups is 2. The van der Waals surface area contributed by atoms with E-state index in [1.807, 2.05) is 6.07 Å². The van der Waals surface area contributed by atoms with E-state index in [1.54, 1.807) is 66.7 Å². The van der Waals surface area contributed by atoms with Gasteiger partial charge >= 0.3 is 0 Å². The van der Waals surface area contributed by atoms with Crippen molar-refractivity contribution in [3.63, 3.8) is 0 Å². The molecule has 0 radical (unpaired) electrons. The first-order valence-corrected chi connectivity index (χ1v) is 8.85. The van der Waals surface area contributed by atoms with Crippen LogP contribution in [0.2, 0.25) is 10.0 Å². The lowest BCUT2D eigenvalue weighted by Crippen LogP contribution is -2.13. The largest absolute Gasteiger partial charge is 0.485 e. The summed E-state index contributed by atoms with van der Waals surface area (Å²) in [6.45, 7) is -0.146. The van der Waals surface area contributed by atoms with Gasteiger partial charge in [0.15, 0.2) is 12.4 Å². The Morgan fingerprint density at radius 2 is 1.44 bits per heavy atom. The third-order valence-electron chi connectivity index (χ3n) is 3.71. The Labute approximate surface area is 166 Å². The number of rotatable bonds is 6. The molecule has 0 spiro atoms. The van der Waals surface area contributed by atoms with E-state index in [-0.39, 0.29) is 18.3 Å². The van der Waals surface area contributed by atoms with Gasteiger partial charge in [-0.3, -0.25) is 9.59 Å². The van der Waals surface area contributed by atoms with E-state index in [9.17, 15) is 9.59 Å². The zero-order valence-electron chi connectivity index (χ0n) is 14.1. The van der Waals surface area contributed by atoms with E-state index in [0.29, 0.717) is 32.6 Å². The second-order valence-electron chi connectivity index (χ2n) is 5.71. The van der Waals surface area contributed by atoms with Crippen molar-refractivity contribution in [2.24, 2.45) is 0 Å². The number of benzene rings is 3. The molecule has 0 aromatic heterocycles. The van der Waals surface area contributed by atoms with Crippen LogP contribution in [0, 0.1) is 0 Å². The number of hydrogen-bond acceptors (Lipinski definition) is 3. The number of ketones is 1. The number of nitrogens with one attached hydrogen (secondary N) is 1. The summed E-state index contributed by atoms with van der Waals surface area (Å²) in [5, 5.41) is 3.65. The topological polar surface area (TPSA) is 55.4 Å². The number of carbonyl (C=O) groups excluding carboxylic acids is 2. The predicted molar refractivity (Wildman–Crippen MR) is 107 cm³/mol. The number of amides is 1. The lowest BCUT2D eigenvalue weighted by molar-refractivity contribution is 0.0921. The summed E-state index contributed by atoms with van der Waals surface area (Å²) in [6.07, 6.45) is 0. The molecule has 1 N–H and O–H groups in total. The number of Topliss-reactive ketones (excluding diaryl/α,β-unsaturated/α-hetero) is 1. The highest BCUT2D eigenvalue weighted by Gasteiger charge is 2.09. The molecule has 1 amide bonds. The molecule has 0 atom stereocenters. The van der Waals surface area contributed by atoms with Gasteiger partial charge in [-0.15, -0.1) is 0 Å². The number of ether oxygens (including phenoxy) is 1. The van der Waals surface area contributed by atoms with Crippen LogP contribution in [0.1, 0.15) is 20.7 Å². The molecule has 0 unspecified atom stereocenters. The second-order valence-corrected chi connectivity index (χ2v) is 6.59. The number of anilines is 1. The molecule has 0 aliphatic carbocycles. The Bertz CT molecular complexity index is 937. The standard InChI is InChI=1S/C21H15Cl2NO3/c22-16-10-17(23)12-19(11-16)27-13-20(25)14-6-8-18(9-7-14)24-21(26)15-4-2-1-3-5-15/h1-12H,13H2,(H,24,26). The van der Waals surface area contributed by atoms with Crippen molar-refractivity contribution >= 4 is 40.6 Å². The van der Waals surface area contributed by atoms with Gasteiger partial charge in [0.1, 0.15) is 5.75 Å². The SMILES string of the molecule is O=C(COc1cc(Cl)cc(Cl)c1)c1ccc(NC(=O)c2ccccc2)cc1. The van der Waals surface area contributed by atoms with Crippen LogP contribution in [0.25, 0.3) is 0 Å². The fourth-order valence-electron chi connectivity index (χ4n) is 2.38. The minimum absolute atomic E-state index is 0.146. The van der Waals surface area contributed by atoms with Crippen molar-refractivity contribution in [2.75, 3.05) is 11.9 Å². The van der Waals surface area contributed by atoms with Crippen molar-refractivity contribution < 1.29 is 14.3 Å². The van der Waals surface area contributed by atoms with Crippen LogP contribution in [0.4, 0.5) is 5.69 Å². The van der Waals surface area contributed by atoms with E-state index in [0.717, 1.165) is 0 Å². The summed E-state index contributed by atoms with van der Waals surface area (Å²) in [4.78, 5) is 24.4. The Kier molecular flexibility index (Phi) is 6.12. The average Bonchev–Trinajstić information content (AvgIpc) is 2.66. The molecule has 6 heteroatoms. The maximum absolute atomic E-state index is 12.3. The third-order valence-corrected chi connectivity index (χ3v) is 4.14. The smallest absolute Gasteiger partial charge is 0.255 e. The molecular weight excluding hydrogens is 385 g/mol. The first kappa shape index (κ1) is 19.0. The summed E-state index contributed by atoms with van der Waals surface area (Å²) in [6, 6.07) is 20.3. The molecule has 0 saturated carbocycles. The van der Waals surface area contributed by atoms with Crippen molar-refractivity contribution in [2.45, 2.75) is 0 Å². The van der Waals surface area contributed by atoms with E-state index in [4.69, 9.17) is 27.9 Å². The molecule has 27 heavy (non-hydrogen) atoms. The molecule has 0 fully saturated rings. The average molecular weight is 400 g/mol. The molecule has 136 valence electrons. The van der Waals surface area contributed by atoms with Gasteiger partial charge in [-0.1, -0.05) is 41.4 Å². The van der Waals surface area contributed by atoms with Gasteiger partial charge in [0, 0.05) is 26.9 Å². The highest BCUT2D eigenvalue weighted by molar-refractivity contribution is 6.34. The van der Waals surface area contributed by atoms with Crippen LogP contribution in [0.3, 0.4) is 0 Å². The van der Waals surface area contributed by atoms with Crippen LogP contribution < -0.4 is 10.1 Å². The molecule has 0 heterocycles. The lowest BCUT2D eigenvalue weighted by atomic mass is 10.1. The normalized spacial score (nSPS) is 10.3. The number of halogens is 2. The third kappa shape index (κ3) is 5.33. The molecule has 0 saturated heterocycles. The van der Waals surface area contributed by atoms with Gasteiger partial charge in [-0.2, -0.15) is 0 Å². The maximum atomic E-state index is 12.3. The summed E-state index contributed by atoms with van der Waals surface area (Å²) >= 11 is 11.8. The highest BCUT2D eigenvalue weighted by atomic mass is 35.5. The summed E-state index contributed by atoms with van der Waals surface area (Å²) in [5.74, 6) is 0.00970. The summed E-state index contributed by atoms with van der Waals surface area (Å²) in [5.41, 5.74) is 1.63. The first-order valence-electron chi connectivity index (χ1n) is 8.10. The number of hydrogen-bond donors (Lipinski definition) is 1. The quantitative estimate of drug-likeness (QED) is 0.556. The molecule has 0 aliphatic rings. The monoisotopic (exact) mass is 399 g/mol. The van der Waals surface area contributed by atoms with Crippen LogP contribution in [-0.4, -0.2) is 18.3 Å². The predicted octanol–water partition coefficient (Wildman–Crippen LogP) is 5.51. The van der Waals surface area contributed by atoms with Gasteiger partial charge in [-0.25, -0.2) is 0 Å². The molecule has 3 aromatic carbocycles. The Morgan fingerprint density at radius 3 is 2.07 bits per heavy atom. The Balaban J connectivity index is 1.59. The Morgan fingerprint density at radius 1 is 0.815 bits per heavy atom. The van der Waals surface area contributed by atoms with E-state index in [2.05, 4.69) is 5.32 Å². The van der Waals surface area contributed by atoms with Gasteiger partial charge < -0.3 is 10.1 Å². The molecule has 3 rings (SSSR count). The molecule has 4 nitrogen and oxygen atoms in total. The van der Waals surface area contributed by atoms with Crippen LogP contribution in [-0.2, 0) is 0 Å². The zero-order valence-corrected chi connectivity index (χ0v) is 15.6. The van der Waals surface area contributed by atoms with Gasteiger partial charge in [0.05, 0.1) is 0 Å². The van der Waals surface area contributed by atoms with Crippen LogP contribution in [0.15, 0.2) is 72.8 Å². The van der Waals surface area contributed by atoms with Gasteiger partial charge in [-0.05, 0) is 54.6 Å². The molecule has 0 aliphatic heterocycles. The second kappa shape index (κ2) is 8.71. The summed E-state index contributed by atoms with van der Waals surface area (Å²) < 4.78 is 5.45. The van der Waals surface area contributed by atoms with E-state index < -0.39 is 0 Å². The minimum atomic E-state index is -0.212. The highest BCUT2D eigenvalue weighted by Crippen LogP contribution is 2.24. The van der Waals surface area contributed by atoms with Gasteiger partial charge in [0.25, 0.3) is 5.91 Å². The fraction of sp³-hybridized carbons (Fsp3) is 0.0476. The van der Waals surface area contributed by atoms with Crippen LogP contribution >= 0.6 is 23.2 Å². The zero-order chi connectivity index (χ0) is 19.2. The minimum Gasteiger partial charge on any atom is -0.485 e. The van der Waals surface area contributed by atoms with Crippen LogP contribution in [0.5, 0.6) is 5.75 Å². The van der Waals surface area contributed by atoms with Crippen molar-refractivity contribution in [1.82, 2.24) is 0 Å². The first-order chi connectivity index (χ1) is 13.0. The molecule has 3 aromatic rings. The summed E-state index contributed by atoms with van der Waals surface area (Å²) in [7, 11) is 0. The Hall–Kier alpha value is -2.82. The lowest BCUT2D eigenvalue weighted by Gasteiger charge is -2.08. The van der Waals surface area contributed by atoms with E-state index >= 15 is 0 Å².